The Morgan fingerprint density at radius 2 is 2.23 bits per heavy atom. The molecule has 1 fully saturated rings. The highest BCUT2D eigenvalue weighted by molar-refractivity contribution is 5.43. The summed E-state index contributed by atoms with van der Waals surface area (Å²) in [4.78, 5) is 2.58. The molecule has 0 amide bonds. The molecule has 4 nitrogen and oxygen atoms in total. The molecule has 2 aliphatic heterocycles. The van der Waals surface area contributed by atoms with Crippen molar-refractivity contribution in [2.45, 2.75) is 45.2 Å². The largest absolute Gasteiger partial charge is 0.494 e. The van der Waals surface area contributed by atoms with Crippen LogP contribution in [0.15, 0.2) is 18.2 Å². The minimum Gasteiger partial charge on any atom is -0.494 e. The molecule has 0 radical (unpaired) electrons. The van der Waals surface area contributed by atoms with Gasteiger partial charge in [-0.15, -0.1) is 0 Å². The van der Waals surface area contributed by atoms with Crippen LogP contribution in [0.2, 0.25) is 0 Å². The van der Waals surface area contributed by atoms with Crippen LogP contribution in [0.1, 0.15) is 44.7 Å². The second kappa shape index (κ2) is 6.88. The van der Waals surface area contributed by atoms with E-state index in [0.717, 1.165) is 23.6 Å². The van der Waals surface area contributed by atoms with E-state index in [1.807, 2.05) is 19.1 Å². The van der Waals surface area contributed by atoms with Crippen LogP contribution in [0.25, 0.3) is 0 Å². The van der Waals surface area contributed by atoms with E-state index in [0.29, 0.717) is 25.2 Å². The van der Waals surface area contributed by atoms with Crippen molar-refractivity contribution in [1.29, 1.82) is 0 Å². The molecule has 3 atom stereocenters. The fraction of sp³-hybridized carbons (Fsp3) is 0.667. The Morgan fingerprint density at radius 3 is 3.00 bits per heavy atom. The molecule has 3 rings (SSSR count). The van der Waals surface area contributed by atoms with E-state index in [9.17, 15) is 0 Å². The van der Waals surface area contributed by atoms with Gasteiger partial charge in [-0.25, -0.2) is 0 Å². The average molecular weight is 304 g/mol. The molecule has 0 bridgehead atoms. The van der Waals surface area contributed by atoms with Crippen LogP contribution in [0, 0.1) is 5.92 Å². The van der Waals surface area contributed by atoms with E-state index in [2.05, 4.69) is 17.9 Å². The monoisotopic (exact) mass is 304 g/mol. The quantitative estimate of drug-likeness (QED) is 0.929. The minimum atomic E-state index is 0.0262. The Morgan fingerprint density at radius 1 is 1.36 bits per heavy atom. The lowest BCUT2D eigenvalue weighted by Gasteiger charge is -2.39. The molecule has 0 aliphatic carbocycles. The van der Waals surface area contributed by atoms with Crippen molar-refractivity contribution in [2.75, 3.05) is 26.3 Å². The highest BCUT2D eigenvalue weighted by Crippen LogP contribution is 2.37. The number of nitrogens with two attached hydrogens (primary N) is 1. The SMILES string of the molecule is CCOc1ccc2c(c1)C(N)C(CN1CCCCC1C)CO2. The molecule has 1 aromatic rings. The van der Waals surface area contributed by atoms with E-state index in [1.54, 1.807) is 0 Å². The van der Waals surface area contributed by atoms with Crippen LogP contribution >= 0.6 is 0 Å². The lowest BCUT2D eigenvalue weighted by atomic mass is 9.89. The molecule has 0 aromatic heterocycles. The molecule has 3 unspecified atom stereocenters. The van der Waals surface area contributed by atoms with E-state index in [4.69, 9.17) is 15.2 Å². The van der Waals surface area contributed by atoms with E-state index >= 15 is 0 Å². The molecule has 122 valence electrons. The summed E-state index contributed by atoms with van der Waals surface area (Å²) in [6.45, 7) is 7.93. The molecular formula is C18H28N2O2. The first-order chi connectivity index (χ1) is 10.7. The first-order valence-corrected chi connectivity index (χ1v) is 8.58. The molecular weight excluding hydrogens is 276 g/mol. The van der Waals surface area contributed by atoms with Gasteiger partial charge in [-0.2, -0.15) is 0 Å². The summed E-state index contributed by atoms with van der Waals surface area (Å²) in [5.41, 5.74) is 7.65. The van der Waals surface area contributed by atoms with Crippen molar-refractivity contribution in [2.24, 2.45) is 11.7 Å². The summed E-state index contributed by atoms with van der Waals surface area (Å²) in [6.07, 6.45) is 3.96. The van der Waals surface area contributed by atoms with Gasteiger partial charge in [0.1, 0.15) is 11.5 Å². The number of likely N-dealkylation sites (tertiary alicyclic amines) is 1. The summed E-state index contributed by atoms with van der Waals surface area (Å²) < 4.78 is 11.6. The summed E-state index contributed by atoms with van der Waals surface area (Å²) in [5.74, 6) is 2.15. The lowest BCUT2D eigenvalue weighted by Crippen LogP contribution is -2.45. The first kappa shape index (κ1) is 15.6. The zero-order valence-corrected chi connectivity index (χ0v) is 13.8. The van der Waals surface area contributed by atoms with Gasteiger partial charge >= 0.3 is 0 Å². The predicted octanol–water partition coefficient (Wildman–Crippen LogP) is 2.97. The van der Waals surface area contributed by atoms with Crippen molar-refractivity contribution in [1.82, 2.24) is 4.90 Å². The van der Waals surface area contributed by atoms with Crippen molar-refractivity contribution in [3.63, 3.8) is 0 Å². The highest BCUT2D eigenvalue weighted by atomic mass is 16.5. The number of nitrogens with zero attached hydrogens (tertiary/aromatic N) is 1. The third kappa shape index (κ3) is 3.23. The summed E-state index contributed by atoms with van der Waals surface area (Å²) >= 11 is 0. The minimum absolute atomic E-state index is 0.0262. The van der Waals surface area contributed by atoms with Crippen LogP contribution < -0.4 is 15.2 Å². The molecule has 2 heterocycles. The fourth-order valence-corrected chi connectivity index (χ4v) is 3.63. The van der Waals surface area contributed by atoms with Gasteiger partial charge in [0.05, 0.1) is 13.2 Å². The maximum Gasteiger partial charge on any atom is 0.124 e. The summed E-state index contributed by atoms with van der Waals surface area (Å²) in [5, 5.41) is 0. The Balaban J connectivity index is 1.72. The number of benzene rings is 1. The molecule has 4 heteroatoms. The Bertz CT molecular complexity index is 506. The Kier molecular flexibility index (Phi) is 4.89. The third-order valence-corrected chi connectivity index (χ3v) is 5.02. The lowest BCUT2D eigenvalue weighted by molar-refractivity contribution is 0.0939. The number of hydrogen-bond donors (Lipinski definition) is 1. The van der Waals surface area contributed by atoms with E-state index in [-0.39, 0.29) is 6.04 Å². The van der Waals surface area contributed by atoms with Gasteiger partial charge in [-0.1, -0.05) is 6.42 Å². The normalized spacial score (nSPS) is 28.8. The smallest absolute Gasteiger partial charge is 0.124 e. The molecule has 2 N–H and O–H groups in total. The number of ether oxygens (including phenoxy) is 2. The average Bonchev–Trinajstić information content (AvgIpc) is 2.53. The van der Waals surface area contributed by atoms with Gasteiger partial charge in [-0.3, -0.25) is 0 Å². The van der Waals surface area contributed by atoms with Gasteiger partial charge in [0, 0.05) is 30.1 Å². The van der Waals surface area contributed by atoms with E-state index in [1.165, 1.54) is 25.8 Å². The van der Waals surface area contributed by atoms with Gasteiger partial charge in [0.2, 0.25) is 0 Å². The van der Waals surface area contributed by atoms with Gasteiger partial charge < -0.3 is 20.1 Å². The van der Waals surface area contributed by atoms with Gasteiger partial charge in [0.25, 0.3) is 0 Å². The van der Waals surface area contributed by atoms with Crippen LogP contribution in [0.5, 0.6) is 11.5 Å². The van der Waals surface area contributed by atoms with Crippen LogP contribution in [0.3, 0.4) is 0 Å². The first-order valence-electron chi connectivity index (χ1n) is 8.58. The fourth-order valence-electron chi connectivity index (χ4n) is 3.63. The molecule has 1 saturated heterocycles. The maximum atomic E-state index is 6.56. The summed E-state index contributed by atoms with van der Waals surface area (Å²) in [6, 6.07) is 6.69. The van der Waals surface area contributed by atoms with Crippen molar-refractivity contribution in [3.8, 4) is 11.5 Å². The van der Waals surface area contributed by atoms with Gasteiger partial charge in [0.15, 0.2) is 0 Å². The van der Waals surface area contributed by atoms with Crippen LogP contribution in [-0.2, 0) is 0 Å². The van der Waals surface area contributed by atoms with Crippen molar-refractivity contribution < 1.29 is 9.47 Å². The second-order valence-electron chi connectivity index (χ2n) is 6.57. The van der Waals surface area contributed by atoms with Crippen LogP contribution in [0.4, 0.5) is 0 Å². The highest BCUT2D eigenvalue weighted by Gasteiger charge is 2.31. The topological polar surface area (TPSA) is 47.7 Å². The molecule has 1 aromatic carbocycles. The Hall–Kier alpha value is -1.26. The second-order valence-corrected chi connectivity index (χ2v) is 6.57. The Labute approximate surface area is 133 Å². The zero-order chi connectivity index (χ0) is 15.5. The maximum absolute atomic E-state index is 6.56. The van der Waals surface area contributed by atoms with Gasteiger partial charge in [-0.05, 0) is 51.4 Å². The predicted molar refractivity (Wildman–Crippen MR) is 88.4 cm³/mol. The third-order valence-electron chi connectivity index (χ3n) is 5.02. The molecule has 22 heavy (non-hydrogen) atoms. The van der Waals surface area contributed by atoms with Crippen LogP contribution in [-0.4, -0.2) is 37.2 Å². The molecule has 0 saturated carbocycles. The van der Waals surface area contributed by atoms with Crippen molar-refractivity contribution >= 4 is 0 Å². The standard InChI is InChI=1S/C18H28N2O2/c1-3-21-15-7-8-17-16(10-15)18(19)14(12-22-17)11-20-9-5-4-6-13(20)2/h7-8,10,13-14,18H,3-6,9,11-12,19H2,1-2H3. The number of rotatable bonds is 4. The molecule has 0 spiro atoms. The molecule has 2 aliphatic rings. The number of fused-ring (bicyclic) bond motifs is 1. The van der Waals surface area contributed by atoms with E-state index < -0.39 is 0 Å². The number of hydrogen-bond acceptors (Lipinski definition) is 4. The number of piperidine rings is 1. The zero-order valence-electron chi connectivity index (χ0n) is 13.8. The summed E-state index contributed by atoms with van der Waals surface area (Å²) in [7, 11) is 0. The van der Waals surface area contributed by atoms with Crippen molar-refractivity contribution in [3.05, 3.63) is 23.8 Å².